The van der Waals surface area contributed by atoms with Gasteiger partial charge in [-0.2, -0.15) is 0 Å². The van der Waals surface area contributed by atoms with Gasteiger partial charge in [0.25, 0.3) is 0 Å². The minimum atomic E-state index is 0.0317. The second-order valence-corrected chi connectivity index (χ2v) is 5.55. The SMILES string of the molecule is O=C(CC1CCCCO1)N(CCO)CC1CCCN1. The fraction of sp³-hybridized carbons (Fsp3) is 0.929. The number of hydrogen-bond acceptors (Lipinski definition) is 4. The van der Waals surface area contributed by atoms with Crippen molar-refractivity contribution in [3.8, 4) is 0 Å². The molecule has 19 heavy (non-hydrogen) atoms. The van der Waals surface area contributed by atoms with Crippen molar-refractivity contribution in [2.24, 2.45) is 0 Å². The van der Waals surface area contributed by atoms with Gasteiger partial charge in [-0.3, -0.25) is 4.79 Å². The van der Waals surface area contributed by atoms with Gasteiger partial charge in [0.1, 0.15) is 0 Å². The zero-order chi connectivity index (χ0) is 13.5. The lowest BCUT2D eigenvalue weighted by Gasteiger charge is -2.28. The van der Waals surface area contributed by atoms with Crippen LogP contribution in [0.2, 0.25) is 0 Å². The maximum Gasteiger partial charge on any atom is 0.225 e. The molecule has 5 heteroatoms. The average molecular weight is 270 g/mol. The van der Waals surface area contributed by atoms with Crippen molar-refractivity contribution in [3.63, 3.8) is 0 Å². The molecule has 0 spiro atoms. The molecule has 0 bridgehead atoms. The highest BCUT2D eigenvalue weighted by Gasteiger charge is 2.24. The van der Waals surface area contributed by atoms with Gasteiger partial charge in [-0.25, -0.2) is 0 Å². The third-order valence-corrected chi connectivity index (χ3v) is 4.00. The number of carbonyl (C=O) groups excluding carboxylic acids is 1. The van der Waals surface area contributed by atoms with Gasteiger partial charge in [0, 0.05) is 25.7 Å². The van der Waals surface area contributed by atoms with Crippen LogP contribution in [0.5, 0.6) is 0 Å². The Hall–Kier alpha value is -0.650. The molecule has 0 aromatic heterocycles. The summed E-state index contributed by atoms with van der Waals surface area (Å²) in [4.78, 5) is 14.1. The quantitative estimate of drug-likeness (QED) is 0.738. The lowest BCUT2D eigenvalue weighted by atomic mass is 10.1. The van der Waals surface area contributed by atoms with Crippen molar-refractivity contribution >= 4 is 5.91 Å². The highest BCUT2D eigenvalue weighted by atomic mass is 16.5. The molecule has 5 nitrogen and oxygen atoms in total. The summed E-state index contributed by atoms with van der Waals surface area (Å²) in [6, 6.07) is 0.391. The summed E-state index contributed by atoms with van der Waals surface area (Å²) in [5, 5.41) is 12.5. The van der Waals surface area contributed by atoms with Gasteiger partial charge in [-0.15, -0.1) is 0 Å². The van der Waals surface area contributed by atoms with E-state index in [1.807, 2.05) is 0 Å². The van der Waals surface area contributed by atoms with Gasteiger partial charge < -0.3 is 20.1 Å². The average Bonchev–Trinajstić information content (AvgIpc) is 2.92. The molecule has 0 aromatic carbocycles. The first kappa shape index (κ1) is 14.8. The molecule has 2 heterocycles. The highest BCUT2D eigenvalue weighted by Crippen LogP contribution is 2.17. The smallest absolute Gasteiger partial charge is 0.225 e. The molecule has 2 saturated heterocycles. The molecule has 110 valence electrons. The molecule has 2 unspecified atom stereocenters. The van der Waals surface area contributed by atoms with Crippen LogP contribution in [0.3, 0.4) is 0 Å². The van der Waals surface area contributed by atoms with Gasteiger partial charge in [0.2, 0.25) is 5.91 Å². The van der Waals surface area contributed by atoms with Crippen molar-refractivity contribution in [2.75, 3.05) is 32.8 Å². The summed E-state index contributed by atoms with van der Waals surface area (Å²) >= 11 is 0. The van der Waals surface area contributed by atoms with Crippen LogP contribution >= 0.6 is 0 Å². The third kappa shape index (κ3) is 4.75. The van der Waals surface area contributed by atoms with Crippen LogP contribution in [-0.2, 0) is 9.53 Å². The number of hydrogen-bond donors (Lipinski definition) is 2. The van der Waals surface area contributed by atoms with Crippen LogP contribution in [0.15, 0.2) is 0 Å². The maximum atomic E-state index is 12.3. The standard InChI is InChI=1S/C14H26N2O3/c17-8-7-16(11-12-4-3-6-15-12)14(18)10-13-5-1-2-9-19-13/h12-13,15,17H,1-11H2. The van der Waals surface area contributed by atoms with Crippen molar-refractivity contribution in [1.82, 2.24) is 10.2 Å². The summed E-state index contributed by atoms with van der Waals surface area (Å²) in [5.74, 6) is 0.120. The van der Waals surface area contributed by atoms with Crippen LogP contribution in [0, 0.1) is 0 Å². The van der Waals surface area contributed by atoms with Crippen molar-refractivity contribution < 1.29 is 14.6 Å². The van der Waals surface area contributed by atoms with Gasteiger partial charge in [-0.05, 0) is 38.6 Å². The number of nitrogens with zero attached hydrogens (tertiary/aromatic N) is 1. The zero-order valence-corrected chi connectivity index (χ0v) is 11.6. The maximum absolute atomic E-state index is 12.3. The Kier molecular flexibility index (Phi) is 6.07. The largest absolute Gasteiger partial charge is 0.395 e. The summed E-state index contributed by atoms with van der Waals surface area (Å²) in [7, 11) is 0. The molecular formula is C14H26N2O3. The number of nitrogens with one attached hydrogen (secondary N) is 1. The number of carbonyl (C=O) groups is 1. The molecule has 0 saturated carbocycles. The Morgan fingerprint density at radius 1 is 1.32 bits per heavy atom. The van der Waals surface area contributed by atoms with Gasteiger partial charge in [0.05, 0.1) is 19.1 Å². The fourth-order valence-electron chi connectivity index (χ4n) is 2.91. The summed E-state index contributed by atoms with van der Waals surface area (Å²) in [6.45, 7) is 3.00. The molecular weight excluding hydrogens is 244 g/mol. The van der Waals surface area contributed by atoms with Gasteiger partial charge in [-0.1, -0.05) is 0 Å². The Morgan fingerprint density at radius 2 is 2.21 bits per heavy atom. The minimum absolute atomic E-state index is 0.0317. The van der Waals surface area contributed by atoms with Gasteiger partial charge in [0.15, 0.2) is 0 Å². The van der Waals surface area contributed by atoms with E-state index in [0.29, 0.717) is 25.6 Å². The molecule has 2 aliphatic rings. The Labute approximate surface area is 115 Å². The van der Waals surface area contributed by atoms with E-state index in [0.717, 1.165) is 38.8 Å². The lowest BCUT2D eigenvalue weighted by molar-refractivity contribution is -0.136. The van der Waals surface area contributed by atoms with Crippen LogP contribution in [0.1, 0.15) is 38.5 Å². The number of ether oxygens (including phenoxy) is 1. The fourth-order valence-corrected chi connectivity index (χ4v) is 2.91. The summed E-state index contributed by atoms with van der Waals surface area (Å²) < 4.78 is 5.62. The first-order valence-corrected chi connectivity index (χ1v) is 7.53. The number of aliphatic hydroxyl groups excluding tert-OH is 1. The monoisotopic (exact) mass is 270 g/mol. The first-order chi connectivity index (χ1) is 9.29. The molecule has 2 N–H and O–H groups in total. The van der Waals surface area contributed by atoms with E-state index in [-0.39, 0.29) is 18.6 Å². The van der Waals surface area contributed by atoms with Crippen molar-refractivity contribution in [2.45, 2.75) is 50.7 Å². The number of amides is 1. The zero-order valence-electron chi connectivity index (χ0n) is 11.6. The Balaban J connectivity index is 1.80. The van der Waals surface area contributed by atoms with E-state index in [9.17, 15) is 4.79 Å². The van der Waals surface area contributed by atoms with Gasteiger partial charge >= 0.3 is 0 Å². The van der Waals surface area contributed by atoms with E-state index in [4.69, 9.17) is 9.84 Å². The predicted octanol–water partition coefficient (Wildman–Crippen LogP) is 0.519. The topological polar surface area (TPSA) is 61.8 Å². The molecule has 1 amide bonds. The second kappa shape index (κ2) is 7.82. The normalized spacial score (nSPS) is 27.4. The van der Waals surface area contributed by atoms with Crippen LogP contribution in [-0.4, -0.2) is 60.9 Å². The molecule has 0 radical (unpaired) electrons. The Bertz CT molecular complexity index is 274. The number of aliphatic hydroxyl groups is 1. The molecule has 0 aromatic rings. The molecule has 0 aliphatic carbocycles. The van der Waals surface area contributed by atoms with Crippen LogP contribution < -0.4 is 5.32 Å². The lowest BCUT2D eigenvalue weighted by Crippen LogP contribution is -2.43. The molecule has 2 atom stereocenters. The number of rotatable bonds is 6. The van der Waals surface area contributed by atoms with Crippen LogP contribution in [0.4, 0.5) is 0 Å². The highest BCUT2D eigenvalue weighted by molar-refractivity contribution is 5.76. The molecule has 2 fully saturated rings. The molecule has 2 aliphatic heterocycles. The van der Waals surface area contributed by atoms with Crippen molar-refractivity contribution in [1.29, 1.82) is 0 Å². The van der Waals surface area contributed by atoms with E-state index in [1.54, 1.807) is 4.90 Å². The van der Waals surface area contributed by atoms with E-state index >= 15 is 0 Å². The van der Waals surface area contributed by atoms with E-state index in [2.05, 4.69) is 5.32 Å². The summed E-state index contributed by atoms with van der Waals surface area (Å²) in [5.41, 5.74) is 0. The third-order valence-electron chi connectivity index (χ3n) is 4.00. The van der Waals surface area contributed by atoms with E-state index < -0.39 is 0 Å². The second-order valence-electron chi connectivity index (χ2n) is 5.55. The van der Waals surface area contributed by atoms with Crippen LogP contribution in [0.25, 0.3) is 0 Å². The Morgan fingerprint density at radius 3 is 2.84 bits per heavy atom. The van der Waals surface area contributed by atoms with Crippen molar-refractivity contribution in [3.05, 3.63) is 0 Å². The summed E-state index contributed by atoms with van der Waals surface area (Å²) in [6.07, 6.45) is 6.10. The minimum Gasteiger partial charge on any atom is -0.395 e. The first-order valence-electron chi connectivity index (χ1n) is 7.53. The van der Waals surface area contributed by atoms with E-state index in [1.165, 1.54) is 6.42 Å². The molecule has 2 rings (SSSR count). The predicted molar refractivity (Wildman–Crippen MR) is 72.9 cm³/mol.